The van der Waals surface area contributed by atoms with Gasteiger partial charge < -0.3 is 4.42 Å². The van der Waals surface area contributed by atoms with E-state index in [4.69, 9.17) is 19.4 Å². The van der Waals surface area contributed by atoms with Crippen LogP contribution < -0.4 is 0 Å². The van der Waals surface area contributed by atoms with Gasteiger partial charge in [0.15, 0.2) is 23.2 Å². The van der Waals surface area contributed by atoms with Gasteiger partial charge in [-0.1, -0.05) is 91.0 Å². The second-order valence-corrected chi connectivity index (χ2v) is 10.8. The van der Waals surface area contributed by atoms with Crippen LogP contribution in [0.5, 0.6) is 0 Å². The third-order valence-electron chi connectivity index (χ3n) is 7.17. The molecule has 4 nitrogen and oxygen atoms in total. The number of furan rings is 1. The highest BCUT2D eigenvalue weighted by Crippen LogP contribution is 2.36. The molecule has 3 heterocycles. The summed E-state index contributed by atoms with van der Waals surface area (Å²) in [4.78, 5) is 14.8. The molecule has 8 rings (SSSR count). The normalized spacial score (nSPS) is 11.5. The molecule has 0 unspecified atom stereocenters. The third kappa shape index (κ3) is 3.96. The highest BCUT2D eigenvalue weighted by molar-refractivity contribution is 7.25. The largest absolute Gasteiger partial charge is 0.453 e. The lowest BCUT2D eigenvalue weighted by atomic mass is 10.0. The first-order valence-corrected chi connectivity index (χ1v) is 13.9. The van der Waals surface area contributed by atoms with Crippen LogP contribution in [0.4, 0.5) is 0 Å². The molecule has 0 N–H and O–H groups in total. The topological polar surface area (TPSA) is 51.8 Å². The molecule has 5 aromatic carbocycles. The zero-order chi connectivity index (χ0) is 26.5. The molecule has 0 aliphatic heterocycles. The van der Waals surface area contributed by atoms with Gasteiger partial charge in [0.25, 0.3) is 0 Å². The van der Waals surface area contributed by atoms with Crippen LogP contribution in [0.3, 0.4) is 0 Å². The highest BCUT2D eigenvalue weighted by atomic mass is 32.1. The summed E-state index contributed by atoms with van der Waals surface area (Å²) in [7, 11) is 0. The van der Waals surface area contributed by atoms with Crippen molar-refractivity contribution < 1.29 is 4.42 Å². The molecule has 0 aliphatic rings. The van der Waals surface area contributed by atoms with Crippen LogP contribution in [0.15, 0.2) is 132 Å². The Morgan fingerprint density at radius 1 is 0.450 bits per heavy atom. The van der Waals surface area contributed by atoms with E-state index in [9.17, 15) is 0 Å². The summed E-state index contributed by atoms with van der Waals surface area (Å²) >= 11 is 1.80. The first kappa shape index (κ1) is 22.8. The van der Waals surface area contributed by atoms with E-state index in [-0.39, 0.29) is 0 Å². The second kappa shape index (κ2) is 9.26. The lowest BCUT2D eigenvalue weighted by Crippen LogP contribution is -1.99. The summed E-state index contributed by atoms with van der Waals surface area (Å²) < 4.78 is 8.69. The van der Waals surface area contributed by atoms with Crippen LogP contribution >= 0.6 is 11.3 Å². The fraction of sp³-hybridized carbons (Fsp3) is 0. The lowest BCUT2D eigenvalue weighted by molar-refractivity contribution is 0.625. The molecule has 0 radical (unpaired) electrons. The standard InChI is InChI=1S/C35H21N3OS/c1-2-8-22(9-3-1)23-14-16-24(17-15-23)33-36-34(38-35(37-33)30-21-25-10-4-6-12-29(25)39-30)26-18-19-32-28(20-26)27-11-5-7-13-31(27)40-32/h1-21H. The van der Waals surface area contributed by atoms with Crippen molar-refractivity contribution in [1.82, 2.24) is 15.0 Å². The maximum absolute atomic E-state index is 6.18. The van der Waals surface area contributed by atoms with E-state index in [2.05, 4.69) is 91.0 Å². The van der Waals surface area contributed by atoms with Crippen LogP contribution in [0.1, 0.15) is 0 Å². The van der Waals surface area contributed by atoms with Crippen molar-refractivity contribution in [3.8, 4) is 45.5 Å². The zero-order valence-corrected chi connectivity index (χ0v) is 22.1. The molecule has 0 spiro atoms. The van der Waals surface area contributed by atoms with Gasteiger partial charge in [0.2, 0.25) is 0 Å². The van der Waals surface area contributed by atoms with E-state index in [1.807, 2.05) is 36.4 Å². The Morgan fingerprint density at radius 2 is 1.07 bits per heavy atom. The molecular weight excluding hydrogens is 510 g/mol. The number of hydrogen-bond acceptors (Lipinski definition) is 5. The maximum Gasteiger partial charge on any atom is 0.199 e. The SMILES string of the molecule is c1ccc(-c2ccc(-c3nc(-c4ccc5sc6ccccc6c5c4)nc(-c4cc5ccccc5o4)n3)cc2)cc1. The van der Waals surface area contributed by atoms with Crippen LogP contribution in [0, 0.1) is 0 Å². The molecule has 188 valence electrons. The van der Waals surface area contributed by atoms with Crippen molar-refractivity contribution in [1.29, 1.82) is 0 Å². The average molecular weight is 532 g/mol. The number of rotatable bonds is 4. The molecule has 0 saturated heterocycles. The number of thiophene rings is 1. The predicted octanol–water partition coefficient (Wildman–Crippen LogP) is 9.65. The molecule has 8 aromatic rings. The Kier molecular flexibility index (Phi) is 5.28. The number of nitrogens with zero attached hydrogens (tertiary/aromatic N) is 3. The quantitative estimate of drug-likeness (QED) is 0.227. The summed E-state index contributed by atoms with van der Waals surface area (Å²) in [6, 6.07) is 43.6. The molecular formula is C35H21N3OS. The summed E-state index contributed by atoms with van der Waals surface area (Å²) in [6.07, 6.45) is 0. The maximum atomic E-state index is 6.18. The zero-order valence-electron chi connectivity index (χ0n) is 21.3. The number of fused-ring (bicyclic) bond motifs is 4. The third-order valence-corrected chi connectivity index (χ3v) is 8.32. The molecule has 0 aliphatic carbocycles. The molecule has 40 heavy (non-hydrogen) atoms. The van der Waals surface area contributed by atoms with Gasteiger partial charge in [-0.25, -0.2) is 15.0 Å². The molecule has 0 amide bonds. The molecule has 5 heteroatoms. The Hall–Kier alpha value is -5.13. The minimum absolute atomic E-state index is 0.513. The fourth-order valence-corrected chi connectivity index (χ4v) is 6.23. The fourth-order valence-electron chi connectivity index (χ4n) is 5.14. The van der Waals surface area contributed by atoms with Crippen molar-refractivity contribution in [3.63, 3.8) is 0 Å². The Labute approximate surface area is 234 Å². The lowest BCUT2D eigenvalue weighted by Gasteiger charge is -2.08. The summed E-state index contributed by atoms with van der Waals surface area (Å²) in [5, 5.41) is 3.46. The Balaban J connectivity index is 1.29. The average Bonchev–Trinajstić information content (AvgIpc) is 3.63. The van der Waals surface area contributed by atoms with E-state index in [1.165, 1.54) is 25.7 Å². The van der Waals surface area contributed by atoms with Crippen LogP contribution in [-0.2, 0) is 0 Å². The van der Waals surface area contributed by atoms with Crippen molar-refractivity contribution in [2.45, 2.75) is 0 Å². The van der Waals surface area contributed by atoms with Crippen molar-refractivity contribution in [2.24, 2.45) is 0 Å². The van der Waals surface area contributed by atoms with E-state index < -0.39 is 0 Å². The van der Waals surface area contributed by atoms with Gasteiger partial charge in [-0.3, -0.25) is 0 Å². The van der Waals surface area contributed by atoms with Gasteiger partial charge >= 0.3 is 0 Å². The minimum atomic E-state index is 0.513. The molecule has 3 aromatic heterocycles. The van der Waals surface area contributed by atoms with Gasteiger partial charge in [-0.2, -0.15) is 0 Å². The van der Waals surface area contributed by atoms with Gasteiger partial charge in [0.05, 0.1) is 0 Å². The van der Waals surface area contributed by atoms with Crippen LogP contribution in [-0.4, -0.2) is 15.0 Å². The first-order valence-electron chi connectivity index (χ1n) is 13.1. The Bertz CT molecular complexity index is 2130. The van der Waals surface area contributed by atoms with Gasteiger partial charge in [-0.15, -0.1) is 11.3 Å². The first-order chi connectivity index (χ1) is 19.8. The van der Waals surface area contributed by atoms with Crippen LogP contribution in [0.2, 0.25) is 0 Å². The second-order valence-electron chi connectivity index (χ2n) is 9.71. The summed E-state index contributed by atoms with van der Waals surface area (Å²) in [6.45, 7) is 0. The smallest absolute Gasteiger partial charge is 0.199 e. The number of aromatic nitrogens is 3. The monoisotopic (exact) mass is 531 g/mol. The van der Waals surface area contributed by atoms with Gasteiger partial charge in [-0.05, 0) is 47.5 Å². The number of hydrogen-bond donors (Lipinski definition) is 0. The van der Waals surface area contributed by atoms with Crippen LogP contribution in [0.25, 0.3) is 76.6 Å². The van der Waals surface area contributed by atoms with Crippen molar-refractivity contribution in [2.75, 3.05) is 0 Å². The number of para-hydroxylation sites is 1. The summed E-state index contributed by atoms with van der Waals surface area (Å²) in [5.41, 5.74) is 4.98. The molecule has 0 bridgehead atoms. The van der Waals surface area contributed by atoms with E-state index in [0.717, 1.165) is 27.7 Å². The Morgan fingerprint density at radius 3 is 1.93 bits per heavy atom. The summed E-state index contributed by atoms with van der Waals surface area (Å²) in [5.74, 6) is 2.35. The van der Waals surface area contributed by atoms with E-state index in [0.29, 0.717) is 23.2 Å². The molecule has 0 saturated carbocycles. The van der Waals surface area contributed by atoms with E-state index in [1.54, 1.807) is 11.3 Å². The minimum Gasteiger partial charge on any atom is -0.453 e. The molecule has 0 fully saturated rings. The predicted molar refractivity (Wildman–Crippen MR) is 164 cm³/mol. The number of benzene rings is 5. The van der Waals surface area contributed by atoms with Gasteiger partial charge in [0.1, 0.15) is 5.58 Å². The molecule has 0 atom stereocenters. The highest BCUT2D eigenvalue weighted by Gasteiger charge is 2.16. The van der Waals surface area contributed by atoms with E-state index >= 15 is 0 Å². The van der Waals surface area contributed by atoms with Crippen molar-refractivity contribution >= 4 is 42.5 Å². The van der Waals surface area contributed by atoms with Gasteiger partial charge in [0, 0.05) is 36.7 Å². The van der Waals surface area contributed by atoms with Crippen molar-refractivity contribution in [3.05, 3.63) is 127 Å².